The number of aromatic nitrogens is 4. The second-order valence-electron chi connectivity index (χ2n) is 7.36. The largest absolute Gasteiger partial charge is 0.417 e. The maximum Gasteiger partial charge on any atom is 0.417 e. The van der Waals surface area contributed by atoms with Crippen molar-refractivity contribution >= 4 is 22.6 Å². The van der Waals surface area contributed by atoms with Gasteiger partial charge in [-0.15, -0.1) is 0 Å². The Labute approximate surface area is 175 Å². The van der Waals surface area contributed by atoms with Crippen molar-refractivity contribution in [2.45, 2.75) is 36.8 Å². The first-order valence-electron chi connectivity index (χ1n) is 8.94. The lowest BCUT2D eigenvalue weighted by molar-refractivity contribution is -0.178. The van der Waals surface area contributed by atoms with Gasteiger partial charge in [-0.05, 0) is 30.5 Å². The summed E-state index contributed by atoms with van der Waals surface area (Å²) in [5.74, 6) is 0. The van der Waals surface area contributed by atoms with Crippen LogP contribution in [0.15, 0.2) is 29.3 Å². The number of alkyl halides is 6. The SMILES string of the molecule is Cn1nc2c(=O)n(C3CC3)cnc2c1[C@@](N)(c1ccc(C(F)(F)F)c(Cl)c1)C(F)(F)F. The van der Waals surface area contributed by atoms with Crippen LogP contribution in [0.4, 0.5) is 26.3 Å². The number of hydrogen-bond donors (Lipinski definition) is 1. The van der Waals surface area contributed by atoms with E-state index in [1.54, 1.807) is 0 Å². The molecule has 1 aromatic carbocycles. The van der Waals surface area contributed by atoms with Crippen LogP contribution in [-0.2, 0) is 18.8 Å². The lowest BCUT2D eigenvalue weighted by Crippen LogP contribution is -2.52. The molecule has 1 fully saturated rings. The van der Waals surface area contributed by atoms with Crippen molar-refractivity contribution in [3.05, 3.63) is 56.7 Å². The van der Waals surface area contributed by atoms with E-state index in [9.17, 15) is 31.1 Å². The van der Waals surface area contributed by atoms with Crippen molar-refractivity contribution in [3.63, 3.8) is 0 Å². The van der Waals surface area contributed by atoms with E-state index in [4.69, 9.17) is 17.3 Å². The van der Waals surface area contributed by atoms with Gasteiger partial charge in [-0.2, -0.15) is 31.4 Å². The van der Waals surface area contributed by atoms with Gasteiger partial charge in [0.1, 0.15) is 5.52 Å². The van der Waals surface area contributed by atoms with Crippen molar-refractivity contribution in [1.82, 2.24) is 19.3 Å². The van der Waals surface area contributed by atoms with Gasteiger partial charge in [0.2, 0.25) is 0 Å². The Morgan fingerprint density at radius 3 is 2.29 bits per heavy atom. The van der Waals surface area contributed by atoms with E-state index in [0.29, 0.717) is 18.2 Å². The molecule has 0 unspecified atom stereocenters. The Morgan fingerprint density at radius 2 is 1.77 bits per heavy atom. The van der Waals surface area contributed by atoms with E-state index < -0.39 is 45.3 Å². The Kier molecular flexibility index (Phi) is 4.67. The van der Waals surface area contributed by atoms with Gasteiger partial charge in [-0.25, -0.2) is 4.98 Å². The molecule has 2 heterocycles. The van der Waals surface area contributed by atoms with E-state index in [-0.39, 0.29) is 17.1 Å². The standard InChI is InChI=1S/C18H14ClF6N5O/c1-29-14(12-13(28-29)15(31)30(7-27-12)9-3-4-9)16(26,18(23,24)25)8-2-5-10(11(19)6-8)17(20,21)22/h2,5-7,9H,3-4,26H2,1H3/t16-/m0/s1. The maximum absolute atomic E-state index is 14.3. The number of halogens is 7. The summed E-state index contributed by atoms with van der Waals surface area (Å²) in [6, 6.07) is 1.46. The van der Waals surface area contributed by atoms with Gasteiger partial charge < -0.3 is 5.73 Å². The zero-order valence-corrected chi connectivity index (χ0v) is 16.5. The summed E-state index contributed by atoms with van der Waals surface area (Å²) in [7, 11) is 1.15. The van der Waals surface area contributed by atoms with Gasteiger partial charge in [0, 0.05) is 13.1 Å². The Balaban J connectivity index is 1.99. The van der Waals surface area contributed by atoms with Crippen LogP contribution in [0, 0.1) is 0 Å². The predicted molar refractivity (Wildman–Crippen MR) is 98.5 cm³/mol. The fraction of sp³-hybridized carbons (Fsp3) is 0.389. The molecule has 1 atom stereocenters. The average molecular weight is 466 g/mol. The molecule has 0 amide bonds. The minimum atomic E-state index is -5.19. The Hall–Kier alpha value is -2.60. The lowest BCUT2D eigenvalue weighted by Gasteiger charge is -2.32. The quantitative estimate of drug-likeness (QED) is 0.595. The van der Waals surface area contributed by atoms with Crippen molar-refractivity contribution in [3.8, 4) is 0 Å². The van der Waals surface area contributed by atoms with Crippen LogP contribution in [0.2, 0.25) is 5.02 Å². The summed E-state index contributed by atoms with van der Waals surface area (Å²) in [5, 5.41) is 2.95. The normalized spacial score (nSPS) is 17.2. The molecule has 166 valence electrons. The highest BCUT2D eigenvalue weighted by Gasteiger charge is 2.58. The van der Waals surface area contributed by atoms with E-state index in [1.807, 2.05) is 0 Å². The van der Waals surface area contributed by atoms with Gasteiger partial charge >= 0.3 is 12.4 Å². The molecule has 0 spiro atoms. The predicted octanol–water partition coefficient (Wildman–Crippen LogP) is 3.90. The zero-order valence-electron chi connectivity index (χ0n) is 15.7. The van der Waals surface area contributed by atoms with Crippen LogP contribution < -0.4 is 11.3 Å². The average Bonchev–Trinajstić information content (AvgIpc) is 3.41. The van der Waals surface area contributed by atoms with Gasteiger partial charge in [-0.1, -0.05) is 17.7 Å². The topological polar surface area (TPSA) is 78.7 Å². The zero-order chi connectivity index (χ0) is 22.9. The van der Waals surface area contributed by atoms with E-state index in [1.165, 1.54) is 4.57 Å². The van der Waals surface area contributed by atoms with Crippen molar-refractivity contribution < 1.29 is 26.3 Å². The summed E-state index contributed by atoms with van der Waals surface area (Å²) in [6.07, 6.45) is -7.45. The second-order valence-corrected chi connectivity index (χ2v) is 7.76. The first-order valence-corrected chi connectivity index (χ1v) is 9.31. The van der Waals surface area contributed by atoms with Crippen LogP contribution in [0.25, 0.3) is 11.0 Å². The summed E-state index contributed by atoms with van der Waals surface area (Å²) in [4.78, 5) is 16.7. The molecule has 4 rings (SSSR count). The number of aryl methyl sites for hydroxylation is 1. The fourth-order valence-electron chi connectivity index (χ4n) is 3.55. The summed E-state index contributed by atoms with van der Waals surface area (Å²) in [5.41, 5.74) is -1.57. The summed E-state index contributed by atoms with van der Waals surface area (Å²) < 4.78 is 84.0. The maximum atomic E-state index is 14.3. The highest BCUT2D eigenvalue weighted by molar-refractivity contribution is 6.31. The Morgan fingerprint density at radius 1 is 1.13 bits per heavy atom. The van der Waals surface area contributed by atoms with Crippen LogP contribution >= 0.6 is 11.6 Å². The molecule has 13 heteroatoms. The minimum Gasteiger partial charge on any atom is -0.309 e. The molecular formula is C18H14ClF6N5O. The lowest BCUT2D eigenvalue weighted by atomic mass is 9.85. The highest BCUT2D eigenvalue weighted by Crippen LogP contribution is 2.46. The molecule has 1 saturated carbocycles. The molecule has 1 aliphatic carbocycles. The Bertz CT molecular complexity index is 1240. The van der Waals surface area contributed by atoms with Crippen LogP contribution in [0.1, 0.15) is 35.7 Å². The molecule has 0 radical (unpaired) electrons. The third-order valence-corrected chi connectivity index (χ3v) is 5.57. The third-order valence-electron chi connectivity index (χ3n) is 5.26. The molecule has 2 N–H and O–H groups in total. The van der Waals surface area contributed by atoms with E-state index in [2.05, 4.69) is 10.1 Å². The van der Waals surface area contributed by atoms with Crippen molar-refractivity contribution in [2.75, 3.05) is 0 Å². The number of fused-ring (bicyclic) bond motifs is 1. The molecule has 6 nitrogen and oxygen atoms in total. The number of nitrogens with zero attached hydrogens (tertiary/aromatic N) is 4. The van der Waals surface area contributed by atoms with Crippen LogP contribution in [-0.4, -0.2) is 25.5 Å². The third kappa shape index (κ3) is 3.28. The van der Waals surface area contributed by atoms with Gasteiger partial charge in [0.25, 0.3) is 5.56 Å². The molecule has 0 bridgehead atoms. The van der Waals surface area contributed by atoms with Crippen molar-refractivity contribution in [2.24, 2.45) is 12.8 Å². The molecular weight excluding hydrogens is 452 g/mol. The van der Waals surface area contributed by atoms with E-state index >= 15 is 0 Å². The molecule has 3 aromatic rings. The second kappa shape index (κ2) is 6.70. The smallest absolute Gasteiger partial charge is 0.309 e. The monoisotopic (exact) mass is 465 g/mol. The molecule has 0 aliphatic heterocycles. The van der Waals surface area contributed by atoms with Crippen molar-refractivity contribution in [1.29, 1.82) is 0 Å². The first-order chi connectivity index (χ1) is 14.3. The number of nitrogens with two attached hydrogens (primary N) is 1. The fourth-order valence-corrected chi connectivity index (χ4v) is 3.84. The number of benzene rings is 1. The first kappa shape index (κ1) is 21.6. The van der Waals surface area contributed by atoms with Gasteiger partial charge in [-0.3, -0.25) is 14.0 Å². The summed E-state index contributed by atoms with van der Waals surface area (Å²) in [6.45, 7) is 0. The van der Waals surface area contributed by atoms with Crippen LogP contribution in [0.5, 0.6) is 0 Å². The van der Waals surface area contributed by atoms with Gasteiger partial charge in [0.05, 0.1) is 22.6 Å². The van der Waals surface area contributed by atoms with E-state index in [0.717, 1.165) is 30.9 Å². The number of hydrogen-bond acceptors (Lipinski definition) is 4. The number of rotatable bonds is 3. The molecule has 1 aliphatic rings. The summed E-state index contributed by atoms with van der Waals surface area (Å²) >= 11 is 5.64. The molecule has 0 saturated heterocycles. The highest BCUT2D eigenvalue weighted by atomic mass is 35.5. The molecule has 2 aromatic heterocycles. The minimum absolute atomic E-state index is 0.0891. The van der Waals surface area contributed by atoms with Gasteiger partial charge in [0.15, 0.2) is 11.1 Å². The molecule has 31 heavy (non-hydrogen) atoms. The van der Waals surface area contributed by atoms with Crippen LogP contribution in [0.3, 0.4) is 0 Å².